The van der Waals surface area contributed by atoms with Crippen molar-refractivity contribution < 1.29 is 32.3 Å². The van der Waals surface area contributed by atoms with Crippen LogP contribution >= 0.6 is 0 Å². The van der Waals surface area contributed by atoms with E-state index >= 15 is 0 Å². The minimum absolute atomic E-state index is 0.115. The van der Waals surface area contributed by atoms with Crippen molar-refractivity contribution in [2.24, 2.45) is 5.73 Å². The lowest BCUT2D eigenvalue weighted by molar-refractivity contribution is -0.128. The number of halogens is 3. The van der Waals surface area contributed by atoms with Crippen molar-refractivity contribution in [1.29, 1.82) is 0 Å². The summed E-state index contributed by atoms with van der Waals surface area (Å²) in [5, 5.41) is 4.11. The van der Waals surface area contributed by atoms with Crippen molar-refractivity contribution in [2.45, 2.75) is 12.5 Å². The molecule has 1 aliphatic heterocycles. The first kappa shape index (κ1) is 19.7. The van der Waals surface area contributed by atoms with E-state index in [0.717, 1.165) is 6.07 Å². The molecule has 0 aliphatic carbocycles. The van der Waals surface area contributed by atoms with Gasteiger partial charge in [0, 0.05) is 12.2 Å². The van der Waals surface area contributed by atoms with E-state index in [4.69, 9.17) is 10.5 Å². The van der Waals surface area contributed by atoms with Gasteiger partial charge in [-0.1, -0.05) is 0 Å². The third-order valence-corrected chi connectivity index (χ3v) is 3.53. The maximum Gasteiger partial charge on any atom is 0.253 e. The minimum Gasteiger partial charge on any atom is -0.370 e. The second kappa shape index (κ2) is 8.63. The normalized spacial score (nSPS) is 15.8. The van der Waals surface area contributed by atoms with E-state index in [1.165, 1.54) is 17.0 Å². The summed E-state index contributed by atoms with van der Waals surface area (Å²) in [5.41, 5.74) is 4.98. The summed E-state index contributed by atoms with van der Waals surface area (Å²) in [6.45, 7) is -0.481. The van der Waals surface area contributed by atoms with Crippen LogP contribution in [0, 0.1) is 5.82 Å². The number of hydrogen-bond donors (Lipinski definition) is 3. The van der Waals surface area contributed by atoms with Gasteiger partial charge in [0.15, 0.2) is 6.04 Å². The molecule has 11 heteroatoms. The predicted octanol–water partition coefficient (Wildman–Crippen LogP) is -0.164. The Balaban J connectivity index is 2.09. The average Bonchev–Trinajstić information content (AvgIpc) is 2.56. The molecule has 0 radical (unpaired) electrons. The molecule has 1 saturated heterocycles. The Morgan fingerprint density at radius 3 is 2.65 bits per heavy atom. The molecule has 0 bridgehead atoms. The number of rotatable bonds is 7. The summed E-state index contributed by atoms with van der Waals surface area (Å²) in [7, 11) is 0. The van der Waals surface area contributed by atoms with Crippen LogP contribution in [0.15, 0.2) is 18.2 Å². The zero-order chi connectivity index (χ0) is 19.3. The van der Waals surface area contributed by atoms with E-state index in [9.17, 15) is 27.6 Å². The summed E-state index contributed by atoms with van der Waals surface area (Å²) in [5.74, 6) is -3.46. The molecule has 0 aromatic heterocycles. The summed E-state index contributed by atoms with van der Waals surface area (Å²) >= 11 is 0. The van der Waals surface area contributed by atoms with E-state index in [0.29, 0.717) is 6.61 Å². The number of primary amides is 1. The molecule has 0 spiro atoms. The molecule has 0 saturated carbocycles. The van der Waals surface area contributed by atoms with E-state index in [2.05, 4.69) is 5.32 Å². The van der Waals surface area contributed by atoms with Gasteiger partial charge in [-0.2, -0.15) is 0 Å². The van der Waals surface area contributed by atoms with Gasteiger partial charge in [-0.05, 0) is 18.2 Å². The lowest BCUT2D eigenvalue weighted by Gasteiger charge is -2.27. The molecule has 2 rings (SSSR count). The van der Waals surface area contributed by atoms with Crippen molar-refractivity contribution in [3.63, 3.8) is 0 Å². The second-order valence-electron chi connectivity index (χ2n) is 5.39. The predicted molar refractivity (Wildman–Crippen MR) is 85.2 cm³/mol. The fourth-order valence-electron chi connectivity index (χ4n) is 2.30. The van der Waals surface area contributed by atoms with E-state index in [-0.39, 0.29) is 30.4 Å². The van der Waals surface area contributed by atoms with Gasteiger partial charge < -0.3 is 20.7 Å². The van der Waals surface area contributed by atoms with Crippen molar-refractivity contribution in [2.75, 3.05) is 36.5 Å². The highest BCUT2D eigenvalue weighted by atomic mass is 19.3. The molecule has 3 amide bonds. The Hall–Kier alpha value is -2.66. The molecule has 8 nitrogen and oxygen atoms in total. The lowest BCUT2D eigenvalue weighted by atomic mass is 10.2. The van der Waals surface area contributed by atoms with E-state index < -0.39 is 36.6 Å². The maximum absolute atomic E-state index is 14.2. The first-order chi connectivity index (χ1) is 12.3. The third kappa shape index (κ3) is 4.92. The number of benzene rings is 1. The van der Waals surface area contributed by atoms with Crippen molar-refractivity contribution in [3.8, 4) is 0 Å². The Kier molecular flexibility index (Phi) is 6.52. The smallest absolute Gasteiger partial charge is 0.253 e. The van der Waals surface area contributed by atoms with E-state index in [1.54, 1.807) is 0 Å². The Bertz CT molecular complexity index is 701. The Morgan fingerprint density at radius 1 is 1.35 bits per heavy atom. The zero-order valence-corrected chi connectivity index (χ0v) is 13.5. The fraction of sp³-hybridized carbons (Fsp3) is 0.400. The number of nitrogens with one attached hydrogen (secondary N) is 2. The van der Waals surface area contributed by atoms with Crippen LogP contribution in [0.1, 0.15) is 0 Å². The molecule has 142 valence electrons. The maximum atomic E-state index is 14.2. The highest BCUT2D eigenvalue weighted by Crippen LogP contribution is 2.23. The van der Waals surface area contributed by atoms with Crippen LogP contribution in [0.2, 0.25) is 0 Å². The monoisotopic (exact) mass is 374 g/mol. The van der Waals surface area contributed by atoms with Crippen LogP contribution in [0.5, 0.6) is 0 Å². The number of anilines is 2. The summed E-state index contributed by atoms with van der Waals surface area (Å²) in [6, 6.07) is 1.87. The quantitative estimate of drug-likeness (QED) is 0.574. The number of nitrogens with two attached hydrogens (primary N) is 1. The molecule has 26 heavy (non-hydrogen) atoms. The standard InChI is InChI=1S/C15H17F3N4O4/c16-9-5-8(22-3-4-26-7-12(22)23)1-2-10(9)21-15(25)13(14(19)24)20-6-11(17)18/h1-2,5,11,13,20H,3-4,6-7H2,(H2,19,24)(H,21,25)/t13-/m1/s1. The second-order valence-corrected chi connectivity index (χ2v) is 5.39. The first-order valence-corrected chi connectivity index (χ1v) is 7.59. The number of morpholine rings is 1. The van der Waals surface area contributed by atoms with Crippen LogP contribution in [-0.2, 0) is 19.1 Å². The van der Waals surface area contributed by atoms with Gasteiger partial charge in [0.05, 0.1) is 18.8 Å². The number of alkyl halides is 2. The minimum atomic E-state index is -2.80. The first-order valence-electron chi connectivity index (χ1n) is 7.59. The van der Waals surface area contributed by atoms with Gasteiger partial charge in [0.1, 0.15) is 12.4 Å². The van der Waals surface area contributed by atoms with Gasteiger partial charge >= 0.3 is 0 Å². The number of amides is 3. The van der Waals surface area contributed by atoms with Crippen LogP contribution in [0.4, 0.5) is 24.5 Å². The highest BCUT2D eigenvalue weighted by molar-refractivity contribution is 6.09. The molecular formula is C15H17F3N4O4. The molecule has 1 fully saturated rings. The van der Waals surface area contributed by atoms with Crippen molar-refractivity contribution in [3.05, 3.63) is 24.0 Å². The molecule has 4 N–H and O–H groups in total. The van der Waals surface area contributed by atoms with Crippen LogP contribution in [-0.4, -0.2) is 56.5 Å². The molecule has 1 heterocycles. The van der Waals surface area contributed by atoms with Crippen molar-refractivity contribution in [1.82, 2.24) is 5.32 Å². The molecule has 1 aromatic carbocycles. The van der Waals surface area contributed by atoms with Crippen LogP contribution in [0.3, 0.4) is 0 Å². The Morgan fingerprint density at radius 2 is 2.08 bits per heavy atom. The number of nitrogens with zero attached hydrogens (tertiary/aromatic N) is 1. The lowest BCUT2D eigenvalue weighted by Crippen LogP contribution is -2.51. The fourth-order valence-corrected chi connectivity index (χ4v) is 2.30. The molecule has 1 atom stereocenters. The molecule has 0 unspecified atom stereocenters. The van der Waals surface area contributed by atoms with Crippen molar-refractivity contribution >= 4 is 29.1 Å². The molecule has 1 aromatic rings. The summed E-state index contributed by atoms with van der Waals surface area (Å²) < 4.78 is 43.6. The van der Waals surface area contributed by atoms with Gasteiger partial charge in [-0.15, -0.1) is 0 Å². The SMILES string of the molecule is NC(=O)[C@@H](NCC(F)F)C(=O)Nc1ccc(N2CCOCC2=O)cc1F. The van der Waals surface area contributed by atoms with Crippen LogP contribution < -0.4 is 21.3 Å². The number of carbonyl (C=O) groups is 3. The van der Waals surface area contributed by atoms with E-state index in [1.807, 2.05) is 5.32 Å². The third-order valence-electron chi connectivity index (χ3n) is 3.53. The number of carbonyl (C=O) groups excluding carboxylic acids is 3. The number of hydrogen-bond acceptors (Lipinski definition) is 5. The molecular weight excluding hydrogens is 357 g/mol. The van der Waals surface area contributed by atoms with Gasteiger partial charge in [0.25, 0.3) is 18.2 Å². The largest absolute Gasteiger partial charge is 0.370 e. The molecule has 1 aliphatic rings. The highest BCUT2D eigenvalue weighted by Gasteiger charge is 2.26. The summed E-state index contributed by atoms with van der Waals surface area (Å²) in [6.07, 6.45) is -2.80. The average molecular weight is 374 g/mol. The van der Waals surface area contributed by atoms with Gasteiger partial charge in [0.2, 0.25) is 5.91 Å². The van der Waals surface area contributed by atoms with Gasteiger partial charge in [-0.25, -0.2) is 13.2 Å². The zero-order valence-electron chi connectivity index (χ0n) is 13.5. The van der Waals surface area contributed by atoms with Gasteiger partial charge in [-0.3, -0.25) is 19.7 Å². The van der Waals surface area contributed by atoms with Crippen LogP contribution in [0.25, 0.3) is 0 Å². The number of ether oxygens (including phenoxy) is 1. The topological polar surface area (TPSA) is 114 Å². The summed E-state index contributed by atoms with van der Waals surface area (Å²) in [4.78, 5) is 36.3. The Labute approximate surface area is 146 Å².